The molecule has 86 valence electrons. The Morgan fingerprint density at radius 1 is 1.17 bits per heavy atom. The van der Waals surface area contributed by atoms with Gasteiger partial charge in [0.2, 0.25) is 0 Å². The number of carbonyl (C=O) groups is 1. The van der Waals surface area contributed by atoms with E-state index in [0.29, 0.717) is 11.3 Å². The van der Waals surface area contributed by atoms with Gasteiger partial charge in [-0.2, -0.15) is 5.26 Å². The highest BCUT2D eigenvalue weighted by Crippen LogP contribution is 2.23. The Balaban J connectivity index is 2.60. The first kappa shape index (κ1) is 10.5. The smallest absolute Gasteiger partial charge is 0.176 e. The molecule has 1 aromatic carbocycles. The average molecular weight is 234 g/mol. The van der Waals surface area contributed by atoms with Crippen LogP contribution in [0.2, 0.25) is 0 Å². The number of aromatic nitrogens is 1. The summed E-state index contributed by atoms with van der Waals surface area (Å²) in [4.78, 5) is 11.7. The molecule has 0 atom stereocenters. The van der Waals surface area contributed by atoms with Crippen molar-refractivity contribution in [1.82, 2.24) is 4.40 Å². The van der Waals surface area contributed by atoms with E-state index in [1.165, 1.54) is 6.92 Å². The molecule has 0 saturated carbocycles. The molecule has 0 aliphatic heterocycles. The fourth-order valence-corrected chi connectivity index (χ4v) is 2.30. The molecule has 0 bridgehead atoms. The first-order chi connectivity index (χ1) is 8.72. The zero-order valence-electron chi connectivity index (χ0n) is 9.84. The summed E-state index contributed by atoms with van der Waals surface area (Å²) in [6.07, 6.45) is 0. The monoisotopic (exact) mass is 234 g/mol. The Bertz CT molecular complexity index is 821. The van der Waals surface area contributed by atoms with Gasteiger partial charge in [-0.25, -0.2) is 0 Å². The summed E-state index contributed by atoms with van der Waals surface area (Å²) in [7, 11) is 0. The van der Waals surface area contributed by atoms with Crippen LogP contribution >= 0.6 is 0 Å². The normalized spacial score (nSPS) is 10.7. The van der Waals surface area contributed by atoms with E-state index >= 15 is 0 Å². The molecule has 2 aromatic heterocycles. The van der Waals surface area contributed by atoms with Gasteiger partial charge in [0, 0.05) is 6.92 Å². The number of hydrogen-bond donors (Lipinski definition) is 0. The number of fused-ring (bicyclic) bond motifs is 3. The van der Waals surface area contributed by atoms with Crippen molar-refractivity contribution < 1.29 is 4.79 Å². The maximum atomic E-state index is 11.7. The quantitative estimate of drug-likeness (QED) is 0.607. The maximum absolute atomic E-state index is 11.7. The lowest BCUT2D eigenvalue weighted by atomic mass is 10.2. The van der Waals surface area contributed by atoms with Crippen molar-refractivity contribution in [2.45, 2.75) is 6.92 Å². The predicted octanol–water partition coefficient (Wildman–Crippen LogP) is 3.17. The standard InChI is InChI=1S/C15H10N2O/c1-10(18)15-8-12(9-16)14-7-6-11-4-2-3-5-13(11)17(14)15/h2-8H,1H3. The zero-order valence-corrected chi connectivity index (χ0v) is 9.84. The van der Waals surface area contributed by atoms with Crippen molar-refractivity contribution in [1.29, 1.82) is 5.26 Å². The molecule has 3 nitrogen and oxygen atoms in total. The highest BCUT2D eigenvalue weighted by atomic mass is 16.1. The number of nitrogens with zero attached hydrogens (tertiary/aromatic N) is 2. The van der Waals surface area contributed by atoms with E-state index in [-0.39, 0.29) is 5.78 Å². The Morgan fingerprint density at radius 2 is 1.94 bits per heavy atom. The minimum Gasteiger partial charge on any atom is -0.305 e. The van der Waals surface area contributed by atoms with E-state index in [9.17, 15) is 4.79 Å². The molecule has 2 heterocycles. The molecular weight excluding hydrogens is 224 g/mol. The van der Waals surface area contributed by atoms with Crippen molar-refractivity contribution in [2.24, 2.45) is 0 Å². The number of ketones is 1. The number of benzene rings is 1. The molecule has 0 saturated heterocycles. The molecule has 0 aliphatic rings. The van der Waals surface area contributed by atoms with E-state index in [2.05, 4.69) is 6.07 Å². The number of carbonyl (C=O) groups excluding carboxylic acids is 1. The van der Waals surface area contributed by atoms with Gasteiger partial charge in [-0.3, -0.25) is 4.79 Å². The van der Waals surface area contributed by atoms with Crippen LogP contribution in [0.1, 0.15) is 23.0 Å². The summed E-state index contributed by atoms with van der Waals surface area (Å²) in [5.74, 6) is -0.0390. The van der Waals surface area contributed by atoms with Gasteiger partial charge in [-0.1, -0.05) is 24.3 Å². The van der Waals surface area contributed by atoms with Gasteiger partial charge < -0.3 is 4.40 Å². The average Bonchev–Trinajstić information content (AvgIpc) is 2.78. The van der Waals surface area contributed by atoms with Crippen LogP contribution in [-0.2, 0) is 0 Å². The minimum atomic E-state index is -0.0390. The number of para-hydroxylation sites is 1. The van der Waals surface area contributed by atoms with E-state index in [1.54, 1.807) is 6.07 Å². The highest BCUT2D eigenvalue weighted by molar-refractivity contribution is 5.98. The molecule has 0 amide bonds. The molecule has 18 heavy (non-hydrogen) atoms. The third kappa shape index (κ3) is 1.33. The molecule has 0 fully saturated rings. The van der Waals surface area contributed by atoms with Gasteiger partial charge in [0.25, 0.3) is 0 Å². The molecule has 3 rings (SSSR count). The second-order valence-electron chi connectivity index (χ2n) is 4.22. The van der Waals surface area contributed by atoms with E-state index in [4.69, 9.17) is 5.26 Å². The lowest BCUT2D eigenvalue weighted by molar-refractivity contribution is 0.101. The lowest BCUT2D eigenvalue weighted by Gasteiger charge is -2.05. The van der Waals surface area contributed by atoms with E-state index in [1.807, 2.05) is 40.8 Å². The minimum absolute atomic E-state index is 0.0390. The van der Waals surface area contributed by atoms with Crippen LogP contribution in [0.3, 0.4) is 0 Å². The van der Waals surface area contributed by atoms with Crippen LogP contribution < -0.4 is 0 Å². The Morgan fingerprint density at radius 3 is 2.67 bits per heavy atom. The van der Waals surface area contributed by atoms with Crippen LogP contribution in [0.4, 0.5) is 0 Å². The van der Waals surface area contributed by atoms with Crippen molar-refractivity contribution in [3.63, 3.8) is 0 Å². The number of nitriles is 1. The number of Topliss-reactive ketones (excluding diaryl/α,β-unsaturated/α-hetero) is 1. The van der Waals surface area contributed by atoms with E-state index < -0.39 is 0 Å². The second kappa shape index (κ2) is 3.71. The second-order valence-corrected chi connectivity index (χ2v) is 4.22. The van der Waals surface area contributed by atoms with Crippen LogP contribution in [0, 0.1) is 11.3 Å². The van der Waals surface area contributed by atoms with E-state index in [0.717, 1.165) is 16.4 Å². The first-order valence-corrected chi connectivity index (χ1v) is 5.66. The molecule has 0 spiro atoms. The van der Waals surface area contributed by atoms with Gasteiger partial charge in [0.15, 0.2) is 5.78 Å². The Hall–Kier alpha value is -2.60. The number of rotatable bonds is 1. The fourth-order valence-electron chi connectivity index (χ4n) is 2.30. The van der Waals surface area contributed by atoms with Crippen LogP contribution in [0.25, 0.3) is 16.4 Å². The first-order valence-electron chi connectivity index (χ1n) is 5.66. The van der Waals surface area contributed by atoms with Gasteiger partial charge in [-0.05, 0) is 23.6 Å². The third-order valence-electron chi connectivity index (χ3n) is 3.12. The molecule has 3 heteroatoms. The molecule has 0 unspecified atom stereocenters. The fraction of sp³-hybridized carbons (Fsp3) is 0.0667. The van der Waals surface area contributed by atoms with Gasteiger partial charge >= 0.3 is 0 Å². The summed E-state index contributed by atoms with van der Waals surface area (Å²) in [6.45, 7) is 1.52. The van der Waals surface area contributed by atoms with Gasteiger partial charge in [0.1, 0.15) is 6.07 Å². The van der Waals surface area contributed by atoms with Crippen molar-refractivity contribution in [3.8, 4) is 6.07 Å². The SMILES string of the molecule is CC(=O)c1cc(C#N)c2ccc3ccccc3n12. The molecular formula is C15H10N2O. The van der Waals surface area contributed by atoms with Crippen molar-refractivity contribution >= 4 is 22.2 Å². The Labute approximate surface area is 104 Å². The number of hydrogen-bond acceptors (Lipinski definition) is 2. The number of pyridine rings is 1. The molecule has 0 aliphatic carbocycles. The summed E-state index contributed by atoms with van der Waals surface area (Å²) in [6, 6.07) is 15.5. The molecule has 3 aromatic rings. The summed E-state index contributed by atoms with van der Waals surface area (Å²) >= 11 is 0. The molecule has 0 radical (unpaired) electrons. The summed E-state index contributed by atoms with van der Waals surface area (Å²) in [5, 5.41) is 10.2. The third-order valence-corrected chi connectivity index (χ3v) is 3.12. The zero-order chi connectivity index (χ0) is 12.7. The van der Waals surface area contributed by atoms with Crippen molar-refractivity contribution in [2.75, 3.05) is 0 Å². The van der Waals surface area contributed by atoms with Gasteiger partial charge in [0.05, 0.1) is 22.3 Å². The highest BCUT2D eigenvalue weighted by Gasteiger charge is 2.13. The van der Waals surface area contributed by atoms with Crippen LogP contribution in [-0.4, -0.2) is 10.2 Å². The summed E-state index contributed by atoms with van der Waals surface area (Å²) < 4.78 is 1.86. The lowest BCUT2D eigenvalue weighted by Crippen LogP contribution is -1.99. The Kier molecular flexibility index (Phi) is 2.17. The predicted molar refractivity (Wildman–Crippen MR) is 69.6 cm³/mol. The van der Waals surface area contributed by atoms with Gasteiger partial charge in [-0.15, -0.1) is 0 Å². The van der Waals surface area contributed by atoms with Crippen LogP contribution in [0.5, 0.6) is 0 Å². The topological polar surface area (TPSA) is 45.3 Å². The molecule has 0 N–H and O–H groups in total. The van der Waals surface area contributed by atoms with Crippen molar-refractivity contribution in [3.05, 3.63) is 53.7 Å². The summed E-state index contributed by atoms with van der Waals surface area (Å²) in [5.41, 5.74) is 2.81. The largest absolute Gasteiger partial charge is 0.305 e. The van der Waals surface area contributed by atoms with Crippen LogP contribution in [0.15, 0.2) is 42.5 Å². The maximum Gasteiger partial charge on any atom is 0.176 e.